The first-order valence-electron chi connectivity index (χ1n) is 6.39. The molecule has 4 heteroatoms. The van der Waals surface area contributed by atoms with Crippen molar-refractivity contribution in [3.63, 3.8) is 0 Å². The Kier molecular flexibility index (Phi) is 2.99. The van der Waals surface area contributed by atoms with Crippen LogP contribution in [0.5, 0.6) is 0 Å². The zero-order chi connectivity index (χ0) is 14.1. The van der Waals surface area contributed by atoms with E-state index in [0.29, 0.717) is 12.2 Å². The molecule has 0 amide bonds. The van der Waals surface area contributed by atoms with Crippen molar-refractivity contribution in [2.45, 2.75) is 13.5 Å². The van der Waals surface area contributed by atoms with Crippen molar-refractivity contribution in [1.82, 2.24) is 9.55 Å². The summed E-state index contributed by atoms with van der Waals surface area (Å²) in [6, 6.07) is 13.2. The Morgan fingerprint density at radius 2 is 2.10 bits per heavy atom. The number of nitrogens with zero attached hydrogens (tertiary/aromatic N) is 2. The van der Waals surface area contributed by atoms with E-state index >= 15 is 0 Å². The second-order valence-electron chi connectivity index (χ2n) is 4.75. The van der Waals surface area contributed by atoms with Crippen LogP contribution in [0.25, 0.3) is 10.9 Å². The Labute approximate surface area is 116 Å². The topological polar surface area (TPSA) is 55.1 Å². The van der Waals surface area contributed by atoms with Gasteiger partial charge in [0.15, 0.2) is 0 Å². The van der Waals surface area contributed by atoms with Crippen molar-refractivity contribution in [2.75, 3.05) is 0 Å². The van der Waals surface area contributed by atoms with Crippen molar-refractivity contribution < 1.29 is 9.90 Å². The Morgan fingerprint density at radius 3 is 2.80 bits per heavy atom. The van der Waals surface area contributed by atoms with E-state index in [4.69, 9.17) is 0 Å². The first-order valence-corrected chi connectivity index (χ1v) is 6.39. The first kappa shape index (κ1) is 12.4. The average molecular weight is 266 g/mol. The van der Waals surface area contributed by atoms with E-state index < -0.39 is 5.97 Å². The fraction of sp³-hybridized carbons (Fsp3) is 0.125. The summed E-state index contributed by atoms with van der Waals surface area (Å²) in [4.78, 5) is 15.7. The number of pyridine rings is 1. The highest BCUT2D eigenvalue weighted by molar-refractivity contribution is 5.95. The number of aromatic carboxylic acids is 1. The number of carbonyl (C=O) groups is 1. The molecule has 0 radical (unpaired) electrons. The molecule has 0 spiro atoms. The summed E-state index contributed by atoms with van der Waals surface area (Å²) in [5.74, 6) is -0.920. The standard InChI is InChI=1S/C16H14N2O2/c1-11-5-4-6-12-9-14(16(19)20)18(15(11)12)10-13-7-2-3-8-17-13/h2-9H,10H2,1H3,(H,19,20). The molecule has 0 unspecified atom stereocenters. The number of carboxylic acid groups (broad SMARTS) is 1. The zero-order valence-electron chi connectivity index (χ0n) is 11.1. The van der Waals surface area contributed by atoms with Crippen molar-refractivity contribution in [3.05, 3.63) is 65.6 Å². The third kappa shape index (κ3) is 2.05. The van der Waals surface area contributed by atoms with Crippen molar-refractivity contribution in [1.29, 1.82) is 0 Å². The SMILES string of the molecule is Cc1cccc2cc(C(=O)O)n(Cc3ccccn3)c12. The summed E-state index contributed by atoms with van der Waals surface area (Å²) in [6.07, 6.45) is 1.72. The molecule has 0 atom stereocenters. The van der Waals surface area contributed by atoms with Crippen LogP contribution in [0.1, 0.15) is 21.7 Å². The van der Waals surface area contributed by atoms with E-state index in [9.17, 15) is 9.90 Å². The van der Waals surface area contributed by atoms with Gasteiger partial charge in [-0.25, -0.2) is 4.79 Å². The van der Waals surface area contributed by atoms with Crippen LogP contribution >= 0.6 is 0 Å². The van der Waals surface area contributed by atoms with Crippen LogP contribution in [0.3, 0.4) is 0 Å². The van der Waals surface area contributed by atoms with Gasteiger partial charge in [0, 0.05) is 11.6 Å². The van der Waals surface area contributed by atoms with Gasteiger partial charge in [-0.2, -0.15) is 0 Å². The molecule has 3 rings (SSSR count). The fourth-order valence-electron chi connectivity index (χ4n) is 2.51. The van der Waals surface area contributed by atoms with Gasteiger partial charge in [0.1, 0.15) is 5.69 Å². The number of para-hydroxylation sites is 1. The van der Waals surface area contributed by atoms with Gasteiger partial charge in [-0.05, 0) is 30.7 Å². The summed E-state index contributed by atoms with van der Waals surface area (Å²) in [6.45, 7) is 2.44. The van der Waals surface area contributed by atoms with Crippen LogP contribution in [0.15, 0.2) is 48.7 Å². The lowest BCUT2D eigenvalue weighted by Crippen LogP contribution is -2.10. The van der Waals surface area contributed by atoms with Crippen LogP contribution in [0.2, 0.25) is 0 Å². The molecule has 20 heavy (non-hydrogen) atoms. The number of aryl methyl sites for hydroxylation is 1. The number of carboxylic acids is 1. The minimum Gasteiger partial charge on any atom is -0.477 e. The van der Waals surface area contributed by atoms with Gasteiger partial charge < -0.3 is 9.67 Å². The lowest BCUT2D eigenvalue weighted by Gasteiger charge is -2.09. The molecule has 2 aromatic heterocycles. The molecule has 4 nitrogen and oxygen atoms in total. The predicted octanol–water partition coefficient (Wildman–Crippen LogP) is 3.09. The number of aromatic nitrogens is 2. The van der Waals surface area contributed by atoms with Gasteiger partial charge in [-0.15, -0.1) is 0 Å². The maximum Gasteiger partial charge on any atom is 0.352 e. The zero-order valence-corrected chi connectivity index (χ0v) is 11.1. The van der Waals surface area contributed by atoms with Crippen LogP contribution in [-0.2, 0) is 6.54 Å². The van der Waals surface area contributed by atoms with E-state index in [1.807, 2.05) is 47.9 Å². The Balaban J connectivity index is 2.21. The molecule has 0 aliphatic heterocycles. The Hall–Kier alpha value is -2.62. The molecule has 0 saturated heterocycles. The Bertz CT molecular complexity index is 776. The van der Waals surface area contributed by atoms with Crippen molar-refractivity contribution >= 4 is 16.9 Å². The largest absolute Gasteiger partial charge is 0.477 e. The molecule has 0 saturated carbocycles. The van der Waals surface area contributed by atoms with E-state index in [-0.39, 0.29) is 0 Å². The molecule has 0 aliphatic rings. The molecule has 100 valence electrons. The quantitative estimate of drug-likeness (QED) is 0.792. The number of rotatable bonds is 3. The van der Waals surface area contributed by atoms with Gasteiger partial charge in [0.2, 0.25) is 0 Å². The van der Waals surface area contributed by atoms with E-state index in [0.717, 1.165) is 22.2 Å². The van der Waals surface area contributed by atoms with Gasteiger partial charge in [0.25, 0.3) is 0 Å². The molecule has 1 N–H and O–H groups in total. The Morgan fingerprint density at radius 1 is 1.25 bits per heavy atom. The first-order chi connectivity index (χ1) is 9.66. The van der Waals surface area contributed by atoms with Gasteiger partial charge in [-0.3, -0.25) is 4.98 Å². The molecule has 2 heterocycles. The lowest BCUT2D eigenvalue weighted by atomic mass is 10.1. The van der Waals surface area contributed by atoms with Crippen LogP contribution in [0.4, 0.5) is 0 Å². The number of hydrogen-bond acceptors (Lipinski definition) is 2. The van der Waals surface area contributed by atoms with Crippen molar-refractivity contribution in [3.8, 4) is 0 Å². The van der Waals surface area contributed by atoms with Gasteiger partial charge in [0.05, 0.1) is 17.8 Å². The lowest BCUT2D eigenvalue weighted by molar-refractivity contribution is 0.0686. The third-order valence-electron chi connectivity index (χ3n) is 3.39. The molecule has 0 bridgehead atoms. The van der Waals surface area contributed by atoms with Crippen LogP contribution in [0, 0.1) is 6.92 Å². The highest BCUT2D eigenvalue weighted by atomic mass is 16.4. The minimum atomic E-state index is -0.920. The monoisotopic (exact) mass is 266 g/mol. The van der Waals surface area contributed by atoms with E-state index in [2.05, 4.69) is 4.98 Å². The van der Waals surface area contributed by atoms with Crippen molar-refractivity contribution in [2.24, 2.45) is 0 Å². The predicted molar refractivity (Wildman–Crippen MR) is 77.0 cm³/mol. The molecular formula is C16H14N2O2. The summed E-state index contributed by atoms with van der Waals surface area (Å²) in [7, 11) is 0. The van der Waals surface area contributed by atoms with Gasteiger partial charge in [-0.1, -0.05) is 24.3 Å². The average Bonchev–Trinajstić information content (AvgIpc) is 2.80. The van der Waals surface area contributed by atoms with E-state index in [1.54, 1.807) is 12.3 Å². The third-order valence-corrected chi connectivity index (χ3v) is 3.39. The minimum absolute atomic E-state index is 0.292. The number of hydrogen-bond donors (Lipinski definition) is 1. The maximum atomic E-state index is 11.5. The second-order valence-corrected chi connectivity index (χ2v) is 4.75. The van der Waals surface area contributed by atoms with Crippen LogP contribution < -0.4 is 0 Å². The molecule has 1 aromatic carbocycles. The second kappa shape index (κ2) is 4.81. The highest BCUT2D eigenvalue weighted by Gasteiger charge is 2.16. The molecule has 3 aromatic rings. The smallest absolute Gasteiger partial charge is 0.352 e. The summed E-state index contributed by atoms with van der Waals surface area (Å²) >= 11 is 0. The summed E-state index contributed by atoms with van der Waals surface area (Å²) in [5.41, 5.74) is 3.15. The molecular weight excluding hydrogens is 252 g/mol. The number of benzene rings is 1. The fourth-order valence-corrected chi connectivity index (χ4v) is 2.51. The van der Waals surface area contributed by atoms with Gasteiger partial charge >= 0.3 is 5.97 Å². The van der Waals surface area contributed by atoms with E-state index in [1.165, 1.54) is 0 Å². The number of fused-ring (bicyclic) bond motifs is 1. The summed E-state index contributed by atoms with van der Waals surface area (Å²) in [5, 5.41) is 10.3. The molecule has 0 aliphatic carbocycles. The maximum absolute atomic E-state index is 11.5. The normalized spacial score (nSPS) is 10.8. The molecule has 0 fully saturated rings. The highest BCUT2D eigenvalue weighted by Crippen LogP contribution is 2.24. The van der Waals surface area contributed by atoms with Crippen LogP contribution in [-0.4, -0.2) is 20.6 Å². The summed E-state index contributed by atoms with van der Waals surface area (Å²) < 4.78 is 1.81.